The molecule has 2 aromatic heterocycles. The third kappa shape index (κ3) is 5.84. The second-order valence-corrected chi connectivity index (χ2v) is 9.23. The molecule has 0 bridgehead atoms. The van der Waals surface area contributed by atoms with Gasteiger partial charge in [0.15, 0.2) is 5.82 Å². The van der Waals surface area contributed by atoms with Crippen LogP contribution >= 0.6 is 11.3 Å². The number of carbonyl (C=O) groups is 1. The van der Waals surface area contributed by atoms with E-state index in [0.29, 0.717) is 35.4 Å². The van der Waals surface area contributed by atoms with E-state index in [1.54, 1.807) is 54.5 Å². The van der Waals surface area contributed by atoms with Crippen LogP contribution in [0, 0.1) is 0 Å². The van der Waals surface area contributed by atoms with Crippen molar-refractivity contribution in [3.05, 3.63) is 101 Å². The van der Waals surface area contributed by atoms with Gasteiger partial charge < -0.3 is 19.5 Å². The molecule has 0 aliphatic carbocycles. The van der Waals surface area contributed by atoms with Gasteiger partial charge in [0.05, 0.1) is 31.4 Å². The highest BCUT2D eigenvalue weighted by molar-refractivity contribution is 7.13. The second kappa shape index (κ2) is 11.6. The van der Waals surface area contributed by atoms with Gasteiger partial charge in [-0.1, -0.05) is 18.2 Å². The average molecular weight is 527 g/mol. The molecule has 3 aromatic carbocycles. The first kappa shape index (κ1) is 25.0. The minimum absolute atomic E-state index is 0.201. The Kier molecular flexibility index (Phi) is 7.65. The number of rotatable bonds is 10. The average Bonchev–Trinajstić information content (AvgIpc) is 3.64. The van der Waals surface area contributed by atoms with Crippen LogP contribution in [0.25, 0.3) is 16.4 Å². The lowest BCUT2D eigenvalue weighted by molar-refractivity contribution is 0.102. The van der Waals surface area contributed by atoms with Crippen LogP contribution in [0.3, 0.4) is 0 Å². The molecule has 8 nitrogen and oxygen atoms in total. The molecule has 5 rings (SSSR count). The maximum Gasteiger partial charge on any atom is 0.336 e. The van der Waals surface area contributed by atoms with Crippen LogP contribution in [0.5, 0.6) is 17.5 Å². The Morgan fingerprint density at radius 1 is 0.895 bits per heavy atom. The Hall–Kier alpha value is -4.63. The van der Waals surface area contributed by atoms with E-state index in [0.717, 1.165) is 28.3 Å². The van der Waals surface area contributed by atoms with Gasteiger partial charge in [-0.25, -0.2) is 4.68 Å². The summed E-state index contributed by atoms with van der Waals surface area (Å²) in [7, 11) is 3.24. The summed E-state index contributed by atoms with van der Waals surface area (Å²) in [6, 6.07) is 26.6. The van der Waals surface area contributed by atoms with Crippen molar-refractivity contribution in [2.24, 2.45) is 0 Å². The van der Waals surface area contributed by atoms with E-state index in [-0.39, 0.29) is 5.91 Å². The minimum Gasteiger partial charge on any atom is -0.497 e. The molecule has 0 aliphatic rings. The predicted molar refractivity (Wildman–Crippen MR) is 148 cm³/mol. The number of carbonyl (C=O) groups excluding carboxylic acids is 1. The van der Waals surface area contributed by atoms with E-state index in [2.05, 4.69) is 15.4 Å². The maximum absolute atomic E-state index is 12.6. The largest absolute Gasteiger partial charge is 0.497 e. The van der Waals surface area contributed by atoms with Crippen LogP contribution in [-0.4, -0.2) is 41.5 Å². The van der Waals surface area contributed by atoms with Gasteiger partial charge in [0.25, 0.3) is 5.91 Å². The summed E-state index contributed by atoms with van der Waals surface area (Å²) in [6.45, 7) is 0.441. The number of nitrogens with one attached hydrogen (secondary N) is 1. The number of amides is 1. The topological polar surface area (TPSA) is 87.5 Å². The van der Waals surface area contributed by atoms with Crippen molar-refractivity contribution in [1.82, 2.24) is 14.8 Å². The number of aromatic nitrogens is 3. The van der Waals surface area contributed by atoms with E-state index in [1.165, 1.54) is 0 Å². The van der Waals surface area contributed by atoms with Crippen LogP contribution in [0.1, 0.15) is 15.9 Å². The predicted octanol–water partition coefficient (Wildman–Crippen LogP) is 5.89. The van der Waals surface area contributed by atoms with Crippen LogP contribution in [-0.2, 0) is 6.42 Å². The van der Waals surface area contributed by atoms with Crippen molar-refractivity contribution < 1.29 is 19.0 Å². The number of ether oxygens (including phenoxy) is 3. The van der Waals surface area contributed by atoms with Crippen molar-refractivity contribution in [3.8, 4) is 33.9 Å². The molecular formula is C29H26N4O4S. The Morgan fingerprint density at radius 3 is 2.21 bits per heavy atom. The van der Waals surface area contributed by atoms with E-state index in [4.69, 9.17) is 14.2 Å². The fourth-order valence-corrected chi connectivity index (χ4v) is 4.48. The summed E-state index contributed by atoms with van der Waals surface area (Å²) >= 11 is 1.58. The second-order valence-electron chi connectivity index (χ2n) is 8.28. The molecule has 0 fully saturated rings. The van der Waals surface area contributed by atoms with Gasteiger partial charge in [-0.3, -0.25) is 4.79 Å². The zero-order valence-corrected chi connectivity index (χ0v) is 21.8. The summed E-state index contributed by atoms with van der Waals surface area (Å²) in [5, 5.41) is 9.53. The number of benzene rings is 3. The lowest BCUT2D eigenvalue weighted by atomic mass is 10.1. The maximum atomic E-state index is 12.6. The summed E-state index contributed by atoms with van der Waals surface area (Å²) < 4.78 is 18.0. The lowest BCUT2D eigenvalue weighted by Crippen LogP contribution is -2.11. The van der Waals surface area contributed by atoms with Crippen molar-refractivity contribution in [1.29, 1.82) is 0 Å². The van der Waals surface area contributed by atoms with Gasteiger partial charge in [-0.05, 0) is 77.7 Å². The SMILES string of the molecule is COc1ccc(CCOc2nc(-c3cccs3)n(-c3ccc(NC(=O)c4ccc(OC)cc4)cc3)n2)cc1. The molecule has 1 amide bonds. The highest BCUT2D eigenvalue weighted by atomic mass is 32.1. The van der Waals surface area contributed by atoms with E-state index >= 15 is 0 Å². The molecule has 0 radical (unpaired) electrons. The van der Waals surface area contributed by atoms with Gasteiger partial charge in [0.2, 0.25) is 0 Å². The molecule has 0 aliphatic heterocycles. The molecule has 0 unspecified atom stereocenters. The number of thiophene rings is 1. The molecule has 192 valence electrons. The third-order valence-corrected chi connectivity index (χ3v) is 6.70. The van der Waals surface area contributed by atoms with E-state index in [9.17, 15) is 4.79 Å². The molecule has 0 saturated carbocycles. The Bertz CT molecular complexity index is 1480. The highest BCUT2D eigenvalue weighted by Gasteiger charge is 2.16. The highest BCUT2D eigenvalue weighted by Crippen LogP contribution is 2.28. The zero-order valence-electron chi connectivity index (χ0n) is 21.0. The first-order valence-electron chi connectivity index (χ1n) is 12.0. The monoisotopic (exact) mass is 526 g/mol. The van der Waals surface area contributed by atoms with Crippen LogP contribution in [0.15, 0.2) is 90.3 Å². The normalized spacial score (nSPS) is 10.7. The Labute approximate surface area is 224 Å². The van der Waals surface area contributed by atoms with Gasteiger partial charge in [0.1, 0.15) is 11.5 Å². The Balaban J connectivity index is 1.29. The van der Waals surface area contributed by atoms with Crippen LogP contribution in [0.4, 0.5) is 5.69 Å². The number of hydrogen-bond acceptors (Lipinski definition) is 7. The number of hydrogen-bond donors (Lipinski definition) is 1. The fourth-order valence-electron chi connectivity index (χ4n) is 3.78. The molecule has 0 saturated heterocycles. The zero-order chi connectivity index (χ0) is 26.3. The summed E-state index contributed by atoms with van der Waals surface area (Å²) in [6.07, 6.45) is 0.718. The van der Waals surface area contributed by atoms with E-state index < -0.39 is 0 Å². The smallest absolute Gasteiger partial charge is 0.336 e. The van der Waals surface area contributed by atoms with Crippen LogP contribution in [0.2, 0.25) is 0 Å². The molecule has 9 heteroatoms. The first-order valence-corrected chi connectivity index (χ1v) is 12.8. The molecule has 2 heterocycles. The van der Waals surface area contributed by atoms with Crippen molar-refractivity contribution in [2.45, 2.75) is 6.42 Å². The number of methoxy groups -OCH3 is 2. The van der Waals surface area contributed by atoms with Gasteiger partial charge in [-0.15, -0.1) is 16.4 Å². The molecule has 5 aromatic rings. The summed E-state index contributed by atoms with van der Waals surface area (Å²) in [4.78, 5) is 18.2. The first-order chi connectivity index (χ1) is 18.6. The molecule has 1 N–H and O–H groups in total. The van der Waals surface area contributed by atoms with Gasteiger partial charge in [0, 0.05) is 17.7 Å². The lowest BCUT2D eigenvalue weighted by Gasteiger charge is -2.08. The standard InChI is InChI=1S/C29H26N4O4S/c1-35-24-13-5-20(6-14-24)17-18-37-29-31-27(26-4-3-19-38-26)33(32-29)23-11-9-22(10-12-23)30-28(34)21-7-15-25(36-2)16-8-21/h3-16,19H,17-18H2,1-2H3,(H,30,34). The quantitative estimate of drug-likeness (QED) is 0.244. The Morgan fingerprint density at radius 2 is 1.58 bits per heavy atom. The number of anilines is 1. The van der Waals surface area contributed by atoms with Crippen molar-refractivity contribution in [3.63, 3.8) is 0 Å². The van der Waals surface area contributed by atoms with Crippen molar-refractivity contribution in [2.75, 3.05) is 26.1 Å². The summed E-state index contributed by atoms with van der Waals surface area (Å²) in [5.41, 5.74) is 3.15. The number of nitrogens with zero attached hydrogens (tertiary/aromatic N) is 3. The molecule has 38 heavy (non-hydrogen) atoms. The third-order valence-electron chi connectivity index (χ3n) is 5.83. The molecular weight excluding hydrogens is 500 g/mol. The van der Waals surface area contributed by atoms with Crippen molar-refractivity contribution >= 4 is 22.9 Å². The van der Waals surface area contributed by atoms with E-state index in [1.807, 2.05) is 66.0 Å². The molecule has 0 spiro atoms. The van der Waals surface area contributed by atoms with Gasteiger partial charge >= 0.3 is 6.01 Å². The molecule has 0 atom stereocenters. The van der Waals surface area contributed by atoms with Gasteiger partial charge in [-0.2, -0.15) is 4.98 Å². The fraction of sp³-hybridized carbons (Fsp3) is 0.138. The van der Waals surface area contributed by atoms with Crippen LogP contribution < -0.4 is 19.5 Å². The minimum atomic E-state index is -0.201. The summed E-state index contributed by atoms with van der Waals surface area (Å²) in [5.74, 6) is 2.01.